The first-order valence-electron chi connectivity index (χ1n) is 14.7. The number of nitrogens with one attached hydrogen (secondary N) is 3. The summed E-state index contributed by atoms with van der Waals surface area (Å²) in [6.07, 6.45) is 7.33. The minimum atomic E-state index is -0.457. The molecular formula is C30H47N5O4. The van der Waals surface area contributed by atoms with Crippen LogP contribution in [0.5, 0.6) is 0 Å². The highest BCUT2D eigenvalue weighted by Crippen LogP contribution is 2.28. The molecular weight excluding hydrogens is 494 g/mol. The summed E-state index contributed by atoms with van der Waals surface area (Å²) < 4.78 is 5.40. The Bertz CT molecular complexity index is 976. The molecule has 3 fully saturated rings. The summed E-state index contributed by atoms with van der Waals surface area (Å²) in [7, 11) is 2.26. The molecule has 3 aliphatic rings. The van der Waals surface area contributed by atoms with Gasteiger partial charge in [0, 0.05) is 50.0 Å². The molecule has 1 aromatic rings. The quantitative estimate of drug-likeness (QED) is 0.425. The molecule has 0 bridgehead atoms. The Balaban J connectivity index is 1.13. The zero-order valence-corrected chi connectivity index (χ0v) is 24.1. The van der Waals surface area contributed by atoms with Crippen LogP contribution in [-0.4, -0.2) is 73.7 Å². The SMILES string of the molecule is CN(CC1CCC(NC(=O)OC(C)(C)C)CC1)CC1CCN(c2ccc(NC3CCC(=O)NC3=O)cc2)CC1. The maximum absolute atomic E-state index is 12.1. The second-order valence-corrected chi connectivity index (χ2v) is 12.7. The summed E-state index contributed by atoms with van der Waals surface area (Å²) in [6.45, 7) is 10.1. The zero-order valence-electron chi connectivity index (χ0n) is 24.1. The van der Waals surface area contributed by atoms with Crippen LogP contribution in [0.1, 0.15) is 72.1 Å². The number of hydrogen-bond acceptors (Lipinski definition) is 7. The Morgan fingerprint density at radius 3 is 2.18 bits per heavy atom. The minimum Gasteiger partial charge on any atom is -0.444 e. The Morgan fingerprint density at radius 2 is 1.59 bits per heavy atom. The van der Waals surface area contributed by atoms with Gasteiger partial charge in [0.1, 0.15) is 11.6 Å². The first-order valence-corrected chi connectivity index (χ1v) is 14.7. The predicted octanol–water partition coefficient (Wildman–Crippen LogP) is 4.14. The van der Waals surface area contributed by atoms with Crippen molar-refractivity contribution >= 4 is 29.3 Å². The van der Waals surface area contributed by atoms with Crippen LogP contribution in [0.3, 0.4) is 0 Å². The van der Waals surface area contributed by atoms with Crippen molar-refractivity contribution in [3.05, 3.63) is 24.3 Å². The molecule has 2 aliphatic heterocycles. The number of ether oxygens (including phenoxy) is 1. The van der Waals surface area contributed by atoms with E-state index in [1.807, 2.05) is 32.9 Å². The third-order valence-electron chi connectivity index (χ3n) is 8.13. The molecule has 3 amide bonds. The van der Waals surface area contributed by atoms with E-state index < -0.39 is 5.60 Å². The van der Waals surface area contributed by atoms with Gasteiger partial charge >= 0.3 is 6.09 Å². The van der Waals surface area contributed by atoms with Gasteiger partial charge in [-0.25, -0.2) is 4.79 Å². The van der Waals surface area contributed by atoms with E-state index in [0.717, 1.165) is 57.5 Å². The molecule has 39 heavy (non-hydrogen) atoms. The van der Waals surface area contributed by atoms with Crippen molar-refractivity contribution in [1.29, 1.82) is 0 Å². The normalized spacial score (nSPS) is 24.8. The van der Waals surface area contributed by atoms with E-state index in [1.54, 1.807) is 0 Å². The van der Waals surface area contributed by atoms with Crippen LogP contribution < -0.4 is 20.9 Å². The van der Waals surface area contributed by atoms with Crippen molar-refractivity contribution in [3.63, 3.8) is 0 Å². The monoisotopic (exact) mass is 541 g/mol. The maximum atomic E-state index is 12.1. The molecule has 3 N–H and O–H groups in total. The predicted molar refractivity (Wildman–Crippen MR) is 154 cm³/mol. The van der Waals surface area contributed by atoms with E-state index in [9.17, 15) is 14.4 Å². The van der Waals surface area contributed by atoms with Gasteiger partial charge in [0.2, 0.25) is 11.8 Å². The molecule has 9 heteroatoms. The fourth-order valence-corrected chi connectivity index (χ4v) is 6.09. The molecule has 9 nitrogen and oxygen atoms in total. The van der Waals surface area contributed by atoms with E-state index in [2.05, 4.69) is 44.9 Å². The number of carbonyl (C=O) groups excluding carboxylic acids is 3. The number of piperidine rings is 2. The fourth-order valence-electron chi connectivity index (χ4n) is 6.09. The number of benzene rings is 1. The van der Waals surface area contributed by atoms with Crippen LogP contribution in [0.15, 0.2) is 24.3 Å². The maximum Gasteiger partial charge on any atom is 0.407 e. The molecule has 1 aromatic carbocycles. The van der Waals surface area contributed by atoms with E-state index >= 15 is 0 Å². The standard InChI is InChI=1S/C30H47N5O4/c1-30(2,3)39-29(38)32-24-7-5-21(6-8-24)19-34(4)20-22-15-17-35(18-16-22)25-11-9-23(10-12-25)31-26-13-14-27(36)33-28(26)37/h9-12,21-22,24,26,31H,5-8,13-20H2,1-4H3,(H,32,38)(H,33,36,37). The van der Waals surface area contributed by atoms with Gasteiger partial charge in [0.05, 0.1) is 0 Å². The summed E-state index contributed by atoms with van der Waals surface area (Å²) in [5.41, 5.74) is 1.66. The van der Waals surface area contributed by atoms with Crippen LogP contribution in [0.25, 0.3) is 0 Å². The fraction of sp³-hybridized carbons (Fsp3) is 0.700. The van der Waals surface area contributed by atoms with Crippen LogP contribution in [0.4, 0.5) is 16.2 Å². The summed E-state index contributed by atoms with van der Waals surface area (Å²) in [6, 6.07) is 8.16. The highest BCUT2D eigenvalue weighted by Gasteiger charge is 2.28. The number of hydrogen-bond donors (Lipinski definition) is 3. The number of imide groups is 1. The topological polar surface area (TPSA) is 103 Å². The van der Waals surface area contributed by atoms with Gasteiger partial charge in [0.25, 0.3) is 0 Å². The molecule has 1 aliphatic carbocycles. The van der Waals surface area contributed by atoms with E-state index in [-0.39, 0.29) is 30.0 Å². The largest absolute Gasteiger partial charge is 0.444 e. The molecule has 1 atom stereocenters. The highest BCUT2D eigenvalue weighted by atomic mass is 16.6. The average molecular weight is 542 g/mol. The third-order valence-corrected chi connectivity index (χ3v) is 8.13. The van der Waals surface area contributed by atoms with Gasteiger partial charge in [-0.1, -0.05) is 0 Å². The second-order valence-electron chi connectivity index (χ2n) is 12.7. The number of amides is 3. The lowest BCUT2D eigenvalue weighted by molar-refractivity contribution is -0.133. The molecule has 216 valence electrons. The van der Waals surface area contributed by atoms with E-state index in [0.29, 0.717) is 24.7 Å². The molecule has 1 unspecified atom stereocenters. The Morgan fingerprint density at radius 1 is 0.974 bits per heavy atom. The smallest absolute Gasteiger partial charge is 0.407 e. The number of nitrogens with zero attached hydrogens (tertiary/aromatic N) is 2. The van der Waals surface area contributed by atoms with Gasteiger partial charge in [-0.05, 0) is 109 Å². The average Bonchev–Trinajstić information content (AvgIpc) is 2.87. The summed E-state index contributed by atoms with van der Waals surface area (Å²) >= 11 is 0. The molecule has 4 rings (SSSR count). The molecule has 2 heterocycles. The van der Waals surface area contributed by atoms with Crippen LogP contribution in [0.2, 0.25) is 0 Å². The first-order chi connectivity index (χ1) is 18.5. The van der Waals surface area contributed by atoms with Gasteiger partial charge in [-0.2, -0.15) is 0 Å². The van der Waals surface area contributed by atoms with Crippen molar-refractivity contribution in [2.24, 2.45) is 11.8 Å². The third kappa shape index (κ3) is 9.12. The zero-order chi connectivity index (χ0) is 28.0. The molecule has 2 saturated heterocycles. The Labute approximate surface area is 233 Å². The van der Waals surface area contributed by atoms with Gasteiger partial charge in [-0.3, -0.25) is 14.9 Å². The van der Waals surface area contributed by atoms with Crippen molar-refractivity contribution in [2.45, 2.75) is 89.8 Å². The summed E-state index contributed by atoms with van der Waals surface area (Å²) in [4.78, 5) is 40.4. The lowest BCUT2D eigenvalue weighted by atomic mass is 9.85. The van der Waals surface area contributed by atoms with Crippen molar-refractivity contribution in [1.82, 2.24) is 15.5 Å². The van der Waals surface area contributed by atoms with E-state index in [4.69, 9.17) is 4.74 Å². The Kier molecular flexibility index (Phi) is 9.75. The first kappa shape index (κ1) is 29.2. The van der Waals surface area contributed by atoms with Crippen LogP contribution in [-0.2, 0) is 14.3 Å². The number of rotatable bonds is 8. The van der Waals surface area contributed by atoms with Gasteiger partial charge < -0.3 is 25.2 Å². The minimum absolute atomic E-state index is 0.195. The van der Waals surface area contributed by atoms with Crippen molar-refractivity contribution in [2.75, 3.05) is 43.4 Å². The number of alkyl carbamates (subject to hydrolysis) is 1. The Hall–Kier alpha value is -2.81. The van der Waals surface area contributed by atoms with Crippen molar-refractivity contribution in [3.8, 4) is 0 Å². The second kappa shape index (κ2) is 13.0. The van der Waals surface area contributed by atoms with Gasteiger partial charge in [-0.15, -0.1) is 0 Å². The molecule has 0 aromatic heterocycles. The number of carbonyl (C=O) groups is 3. The van der Waals surface area contributed by atoms with Crippen LogP contribution in [0, 0.1) is 11.8 Å². The highest BCUT2D eigenvalue weighted by molar-refractivity contribution is 6.01. The van der Waals surface area contributed by atoms with Gasteiger partial charge in [0.15, 0.2) is 0 Å². The summed E-state index contributed by atoms with van der Waals surface area (Å²) in [5.74, 6) is 0.967. The van der Waals surface area contributed by atoms with E-state index in [1.165, 1.54) is 18.5 Å². The number of anilines is 2. The lowest BCUT2D eigenvalue weighted by Gasteiger charge is -2.37. The van der Waals surface area contributed by atoms with Crippen molar-refractivity contribution < 1.29 is 19.1 Å². The molecule has 0 spiro atoms. The summed E-state index contributed by atoms with van der Waals surface area (Å²) in [5, 5.41) is 8.69. The lowest BCUT2D eigenvalue weighted by Crippen LogP contribution is -2.47. The molecule has 1 saturated carbocycles. The van der Waals surface area contributed by atoms with Crippen LogP contribution >= 0.6 is 0 Å². The molecule has 0 radical (unpaired) electrons.